The first-order valence-electron chi connectivity index (χ1n) is 11.0. The van der Waals surface area contributed by atoms with Crippen LogP contribution in [0.1, 0.15) is 24.3 Å². The molecule has 1 aromatic carbocycles. The van der Waals surface area contributed by atoms with Crippen LogP contribution in [0.2, 0.25) is 0 Å². The topological polar surface area (TPSA) is 83.0 Å². The highest BCUT2D eigenvalue weighted by Gasteiger charge is 2.54. The van der Waals surface area contributed by atoms with Crippen molar-refractivity contribution in [2.45, 2.75) is 30.8 Å². The molecule has 0 saturated carbocycles. The molecule has 0 unspecified atom stereocenters. The van der Waals surface area contributed by atoms with Crippen LogP contribution in [0, 0.1) is 5.92 Å². The van der Waals surface area contributed by atoms with Gasteiger partial charge in [-0.2, -0.15) is 0 Å². The van der Waals surface area contributed by atoms with E-state index in [1.807, 2.05) is 18.3 Å². The fourth-order valence-electron chi connectivity index (χ4n) is 5.30. The summed E-state index contributed by atoms with van der Waals surface area (Å²) in [4.78, 5) is 33.5. The second-order valence-corrected chi connectivity index (χ2v) is 8.61. The molecule has 3 atom stereocenters. The summed E-state index contributed by atoms with van der Waals surface area (Å²) in [5, 5.41) is 9.99. The number of nitrogens with zero attached hydrogens (tertiary/aromatic N) is 3. The Morgan fingerprint density at radius 2 is 1.90 bits per heavy atom. The Bertz CT molecular complexity index is 943. The van der Waals surface area contributed by atoms with Crippen molar-refractivity contribution in [2.75, 3.05) is 32.9 Å². The first kappa shape index (κ1) is 20.2. The van der Waals surface area contributed by atoms with Crippen molar-refractivity contribution in [2.24, 2.45) is 5.92 Å². The van der Waals surface area contributed by atoms with E-state index in [1.165, 1.54) is 0 Å². The molecule has 3 aliphatic rings. The van der Waals surface area contributed by atoms with Gasteiger partial charge in [-0.1, -0.05) is 30.3 Å². The van der Waals surface area contributed by atoms with Crippen LogP contribution >= 0.6 is 0 Å². The maximum absolute atomic E-state index is 13.0. The Morgan fingerprint density at radius 1 is 1.13 bits per heavy atom. The third-order valence-corrected chi connectivity index (χ3v) is 6.92. The number of rotatable bonds is 4. The van der Waals surface area contributed by atoms with Gasteiger partial charge in [-0.25, -0.2) is 0 Å². The van der Waals surface area contributed by atoms with E-state index < -0.39 is 0 Å². The Labute approximate surface area is 181 Å². The van der Waals surface area contributed by atoms with E-state index in [0.717, 1.165) is 29.5 Å². The van der Waals surface area contributed by atoms with Gasteiger partial charge in [0.25, 0.3) is 0 Å². The van der Waals surface area contributed by atoms with Crippen molar-refractivity contribution in [1.82, 2.24) is 14.8 Å². The van der Waals surface area contributed by atoms with Crippen molar-refractivity contribution >= 4 is 11.8 Å². The van der Waals surface area contributed by atoms with E-state index in [9.17, 15) is 14.7 Å². The van der Waals surface area contributed by atoms with Crippen molar-refractivity contribution in [3.05, 3.63) is 54.4 Å². The average molecular weight is 421 g/mol. The van der Waals surface area contributed by atoms with Gasteiger partial charge in [0.1, 0.15) is 0 Å². The summed E-state index contributed by atoms with van der Waals surface area (Å²) in [6, 6.07) is 11.8. The number of carbonyl (C=O) groups is 2. The highest BCUT2D eigenvalue weighted by atomic mass is 16.5. The zero-order valence-corrected chi connectivity index (χ0v) is 17.4. The molecule has 3 aliphatic heterocycles. The molecular formula is C24H27N3O4. The van der Waals surface area contributed by atoms with Gasteiger partial charge in [0.05, 0.1) is 25.2 Å². The molecule has 1 N–H and O–H groups in total. The van der Waals surface area contributed by atoms with E-state index in [0.29, 0.717) is 19.8 Å². The summed E-state index contributed by atoms with van der Waals surface area (Å²) in [7, 11) is 0. The fourth-order valence-corrected chi connectivity index (χ4v) is 5.30. The van der Waals surface area contributed by atoms with Crippen LogP contribution in [0.3, 0.4) is 0 Å². The van der Waals surface area contributed by atoms with Gasteiger partial charge in [0.15, 0.2) is 0 Å². The highest BCUT2D eigenvalue weighted by molar-refractivity contribution is 5.88. The molecule has 1 aromatic heterocycles. The van der Waals surface area contributed by atoms with Crippen LogP contribution in [-0.2, 0) is 14.3 Å². The molecule has 162 valence electrons. The lowest BCUT2D eigenvalue weighted by Gasteiger charge is -2.59. The molecule has 2 aromatic rings. The second-order valence-electron chi connectivity index (χ2n) is 8.61. The molecule has 3 fully saturated rings. The fraction of sp³-hybridized carbons (Fsp3) is 0.458. The molecule has 3 saturated heterocycles. The third kappa shape index (κ3) is 3.62. The van der Waals surface area contributed by atoms with E-state index in [1.54, 1.807) is 16.0 Å². The van der Waals surface area contributed by atoms with Crippen LogP contribution in [0.25, 0.3) is 11.1 Å². The zero-order chi connectivity index (χ0) is 21.4. The van der Waals surface area contributed by atoms with Crippen LogP contribution in [0.4, 0.5) is 0 Å². The normalized spacial score (nSPS) is 26.4. The number of hydrogen-bond acceptors (Lipinski definition) is 5. The van der Waals surface area contributed by atoms with E-state index in [-0.39, 0.29) is 48.9 Å². The van der Waals surface area contributed by atoms with Gasteiger partial charge in [0, 0.05) is 44.0 Å². The van der Waals surface area contributed by atoms with Crippen molar-refractivity contribution in [3.63, 3.8) is 0 Å². The van der Waals surface area contributed by atoms with Gasteiger partial charge in [-0.15, -0.1) is 0 Å². The number of hydrogen-bond donors (Lipinski definition) is 1. The lowest BCUT2D eigenvalue weighted by atomic mass is 9.73. The monoisotopic (exact) mass is 421 g/mol. The SMILES string of the molecule is O=C(C1CCOCC1)N1CC(=O)N2[C@@H](CO)[C@H](c3ccc(-c4cccnc4)cc3)[C@@H]2C1. The zero-order valence-electron chi connectivity index (χ0n) is 17.4. The minimum atomic E-state index is -0.234. The molecule has 0 spiro atoms. The number of ether oxygens (including phenoxy) is 1. The number of benzene rings is 1. The molecular weight excluding hydrogens is 394 g/mol. The quantitative estimate of drug-likeness (QED) is 0.812. The smallest absolute Gasteiger partial charge is 0.242 e. The minimum absolute atomic E-state index is 0.0159. The Hall–Kier alpha value is -2.77. The molecule has 5 rings (SSSR count). The second kappa shape index (κ2) is 8.40. The van der Waals surface area contributed by atoms with Crippen molar-refractivity contribution < 1.29 is 19.4 Å². The van der Waals surface area contributed by atoms with Gasteiger partial charge in [0.2, 0.25) is 11.8 Å². The minimum Gasteiger partial charge on any atom is -0.394 e. The summed E-state index contributed by atoms with van der Waals surface area (Å²) in [5.41, 5.74) is 3.20. The molecule has 0 aliphatic carbocycles. The number of pyridine rings is 1. The van der Waals surface area contributed by atoms with Crippen LogP contribution in [0.5, 0.6) is 0 Å². The molecule has 0 bridgehead atoms. The van der Waals surface area contributed by atoms with Crippen LogP contribution in [0.15, 0.2) is 48.8 Å². The number of amides is 2. The van der Waals surface area contributed by atoms with Crippen LogP contribution in [-0.4, -0.2) is 76.7 Å². The third-order valence-electron chi connectivity index (χ3n) is 6.92. The standard InChI is InChI=1S/C24H27N3O4/c28-15-21-23(17-5-3-16(4-6-17)19-2-1-9-25-12-19)20-13-26(14-22(29)27(20)21)24(30)18-7-10-31-11-8-18/h1-6,9,12,18,20-21,23,28H,7-8,10-11,13-15H2/t20-,21-,23+/m0/s1. The van der Waals surface area contributed by atoms with Crippen molar-refractivity contribution in [1.29, 1.82) is 0 Å². The van der Waals surface area contributed by atoms with E-state index in [2.05, 4.69) is 29.2 Å². The molecule has 31 heavy (non-hydrogen) atoms. The van der Waals surface area contributed by atoms with Gasteiger partial charge in [-0.05, 0) is 35.6 Å². The van der Waals surface area contributed by atoms with E-state index >= 15 is 0 Å². The highest BCUT2D eigenvalue weighted by Crippen LogP contribution is 2.43. The Morgan fingerprint density at radius 3 is 2.58 bits per heavy atom. The number of piperazine rings is 1. The maximum Gasteiger partial charge on any atom is 0.242 e. The van der Waals surface area contributed by atoms with Gasteiger partial charge in [-0.3, -0.25) is 14.6 Å². The number of aromatic nitrogens is 1. The lowest BCUT2D eigenvalue weighted by molar-refractivity contribution is -0.169. The average Bonchev–Trinajstić information content (AvgIpc) is 2.81. The van der Waals surface area contributed by atoms with Gasteiger partial charge < -0.3 is 19.6 Å². The van der Waals surface area contributed by atoms with Crippen LogP contribution < -0.4 is 0 Å². The Balaban J connectivity index is 1.35. The first-order valence-corrected chi connectivity index (χ1v) is 11.0. The molecule has 2 amide bonds. The summed E-state index contributed by atoms with van der Waals surface area (Å²) in [6.45, 7) is 1.76. The molecule has 4 heterocycles. The molecule has 7 nitrogen and oxygen atoms in total. The predicted molar refractivity (Wildman–Crippen MR) is 114 cm³/mol. The van der Waals surface area contributed by atoms with Crippen molar-refractivity contribution in [3.8, 4) is 11.1 Å². The summed E-state index contributed by atoms with van der Waals surface area (Å²) >= 11 is 0. The summed E-state index contributed by atoms with van der Waals surface area (Å²) in [5.74, 6) is -0.0467. The largest absolute Gasteiger partial charge is 0.394 e. The predicted octanol–water partition coefficient (Wildman–Crippen LogP) is 1.67. The Kier molecular flexibility index (Phi) is 5.46. The van der Waals surface area contributed by atoms with Gasteiger partial charge >= 0.3 is 0 Å². The number of aliphatic hydroxyl groups is 1. The number of fused-ring (bicyclic) bond motifs is 1. The molecule has 7 heteroatoms. The number of aliphatic hydroxyl groups excluding tert-OH is 1. The lowest BCUT2D eigenvalue weighted by Crippen LogP contribution is -2.73. The maximum atomic E-state index is 13.0. The summed E-state index contributed by atoms with van der Waals surface area (Å²) in [6.07, 6.45) is 5.02. The number of carbonyl (C=O) groups excluding carboxylic acids is 2. The molecule has 0 radical (unpaired) electrons. The van der Waals surface area contributed by atoms with E-state index in [4.69, 9.17) is 4.74 Å². The first-order chi connectivity index (χ1) is 15.2. The summed E-state index contributed by atoms with van der Waals surface area (Å²) < 4.78 is 5.38.